The summed E-state index contributed by atoms with van der Waals surface area (Å²) in [5.74, 6) is 1.03. The van der Waals surface area contributed by atoms with Crippen LogP contribution in [-0.4, -0.2) is 39.0 Å². The maximum absolute atomic E-state index is 13.2. The number of aromatic nitrogens is 4. The Morgan fingerprint density at radius 2 is 1.67 bits per heavy atom. The number of nitrogens with zero attached hydrogens (tertiary/aromatic N) is 5. The van der Waals surface area contributed by atoms with Crippen LogP contribution in [0.5, 0.6) is 0 Å². The zero-order valence-corrected chi connectivity index (χ0v) is 20.4. The lowest BCUT2D eigenvalue weighted by Gasteiger charge is -2.16. The molecule has 6 nitrogen and oxygen atoms in total. The number of nitrogens with two attached hydrogens (primary N) is 1. The first-order valence-electron chi connectivity index (χ1n) is 11.3. The maximum atomic E-state index is 13.2. The molecule has 0 unspecified atom stereocenters. The van der Waals surface area contributed by atoms with Gasteiger partial charge in [0.2, 0.25) is 0 Å². The standard InChI is InChI=1S/C25H21Cl2F3N6/c26-20-5-3-4-17(22(20)27)19-13-36(14-25(28,29)30)34-23(19)18-10-16(12-33-24(18)31)15-6-7-21(32-11-15)35-8-1-2-9-35/h3-7,10-13H,1-2,8-9,14H2,(H2,31,33). The molecular formula is C25H21Cl2F3N6. The molecule has 1 aliphatic rings. The quantitative estimate of drug-likeness (QED) is 0.308. The van der Waals surface area contributed by atoms with Gasteiger partial charge in [0, 0.05) is 59.5 Å². The van der Waals surface area contributed by atoms with Crippen molar-refractivity contribution in [3.05, 3.63) is 65.0 Å². The highest BCUT2D eigenvalue weighted by atomic mass is 35.5. The molecule has 11 heteroatoms. The third-order valence-corrected chi connectivity index (χ3v) is 6.85. The maximum Gasteiger partial charge on any atom is 0.408 e. The zero-order valence-electron chi connectivity index (χ0n) is 18.9. The summed E-state index contributed by atoms with van der Waals surface area (Å²) in [5.41, 5.74) is 9.09. The molecule has 2 N–H and O–H groups in total. The Kier molecular flexibility index (Phi) is 6.53. The van der Waals surface area contributed by atoms with Crippen molar-refractivity contribution < 1.29 is 13.2 Å². The largest absolute Gasteiger partial charge is 0.408 e. The van der Waals surface area contributed by atoms with E-state index in [2.05, 4.69) is 20.0 Å². The number of benzene rings is 1. The van der Waals surface area contributed by atoms with Gasteiger partial charge in [0.05, 0.1) is 10.0 Å². The third-order valence-electron chi connectivity index (χ3n) is 6.03. The summed E-state index contributed by atoms with van der Waals surface area (Å²) in [6.45, 7) is 0.692. The van der Waals surface area contributed by atoms with Crippen molar-refractivity contribution >= 4 is 34.8 Å². The summed E-state index contributed by atoms with van der Waals surface area (Å²) in [6.07, 6.45) is 2.47. The molecule has 3 aromatic heterocycles. The van der Waals surface area contributed by atoms with Crippen LogP contribution in [0.1, 0.15) is 12.8 Å². The molecule has 1 saturated heterocycles. The summed E-state index contributed by atoms with van der Waals surface area (Å²) in [7, 11) is 0. The van der Waals surface area contributed by atoms with Gasteiger partial charge in [0.1, 0.15) is 23.9 Å². The number of halogens is 5. The summed E-state index contributed by atoms with van der Waals surface area (Å²) in [5, 5.41) is 4.70. The van der Waals surface area contributed by atoms with E-state index in [1.54, 1.807) is 36.7 Å². The zero-order chi connectivity index (χ0) is 25.4. The molecule has 0 saturated carbocycles. The van der Waals surface area contributed by atoms with E-state index in [1.165, 1.54) is 6.20 Å². The molecule has 0 radical (unpaired) electrons. The van der Waals surface area contributed by atoms with Gasteiger partial charge >= 0.3 is 6.18 Å². The third kappa shape index (κ3) is 4.99. The number of alkyl halides is 3. The van der Waals surface area contributed by atoms with Gasteiger partial charge in [-0.25, -0.2) is 9.97 Å². The highest BCUT2D eigenvalue weighted by molar-refractivity contribution is 6.43. The second-order valence-electron chi connectivity index (χ2n) is 8.56. The molecule has 0 aliphatic carbocycles. The van der Waals surface area contributed by atoms with Gasteiger partial charge in [-0.05, 0) is 37.1 Å². The Bertz CT molecular complexity index is 1400. The van der Waals surface area contributed by atoms with Crippen LogP contribution in [-0.2, 0) is 6.54 Å². The van der Waals surface area contributed by atoms with Gasteiger partial charge in [-0.1, -0.05) is 35.3 Å². The topological polar surface area (TPSA) is 72.9 Å². The van der Waals surface area contributed by atoms with Crippen LogP contribution in [0, 0.1) is 0 Å². The minimum Gasteiger partial charge on any atom is -0.383 e. The molecule has 186 valence electrons. The molecule has 0 spiro atoms. The first-order chi connectivity index (χ1) is 17.2. The van der Waals surface area contributed by atoms with Gasteiger partial charge in [0.25, 0.3) is 0 Å². The Balaban J connectivity index is 1.59. The normalized spacial score (nSPS) is 14.0. The van der Waals surface area contributed by atoms with Gasteiger partial charge < -0.3 is 10.6 Å². The second kappa shape index (κ2) is 9.63. The van der Waals surface area contributed by atoms with Crippen molar-refractivity contribution in [2.45, 2.75) is 25.6 Å². The van der Waals surface area contributed by atoms with Crippen LogP contribution in [0.15, 0.2) is 55.0 Å². The Hall–Kier alpha value is -3.30. The van der Waals surface area contributed by atoms with E-state index in [9.17, 15) is 13.2 Å². The van der Waals surface area contributed by atoms with E-state index in [4.69, 9.17) is 28.9 Å². The molecular weight excluding hydrogens is 512 g/mol. The lowest BCUT2D eigenvalue weighted by atomic mass is 10.00. The van der Waals surface area contributed by atoms with E-state index in [1.807, 2.05) is 12.1 Å². The highest BCUT2D eigenvalue weighted by Crippen LogP contribution is 2.41. The van der Waals surface area contributed by atoms with E-state index in [0.29, 0.717) is 22.3 Å². The van der Waals surface area contributed by atoms with E-state index >= 15 is 0 Å². The van der Waals surface area contributed by atoms with Crippen LogP contribution in [0.4, 0.5) is 24.8 Å². The molecule has 1 aromatic carbocycles. The average Bonchev–Trinajstić information content (AvgIpc) is 3.51. The fraction of sp³-hybridized carbons (Fsp3) is 0.240. The fourth-order valence-corrected chi connectivity index (χ4v) is 4.71. The summed E-state index contributed by atoms with van der Waals surface area (Å²) < 4.78 is 40.4. The van der Waals surface area contributed by atoms with Crippen molar-refractivity contribution in [3.63, 3.8) is 0 Å². The van der Waals surface area contributed by atoms with E-state index in [0.717, 1.165) is 42.0 Å². The van der Waals surface area contributed by atoms with Gasteiger partial charge in [-0.2, -0.15) is 18.3 Å². The fourth-order valence-electron chi connectivity index (χ4n) is 4.31. The molecule has 5 rings (SSSR count). The van der Waals surface area contributed by atoms with E-state index < -0.39 is 12.7 Å². The molecule has 0 amide bonds. The van der Waals surface area contributed by atoms with E-state index in [-0.39, 0.29) is 21.6 Å². The van der Waals surface area contributed by atoms with Gasteiger partial charge in [-0.15, -0.1) is 0 Å². The van der Waals surface area contributed by atoms with Crippen LogP contribution in [0.2, 0.25) is 10.0 Å². The number of pyridine rings is 2. The summed E-state index contributed by atoms with van der Waals surface area (Å²) >= 11 is 12.6. The minimum atomic E-state index is -4.47. The molecule has 1 aliphatic heterocycles. The summed E-state index contributed by atoms with van der Waals surface area (Å²) in [6, 6.07) is 10.6. The van der Waals surface area contributed by atoms with Crippen LogP contribution in [0.3, 0.4) is 0 Å². The average molecular weight is 533 g/mol. The molecule has 36 heavy (non-hydrogen) atoms. The van der Waals surface area contributed by atoms with Crippen molar-refractivity contribution in [2.75, 3.05) is 23.7 Å². The van der Waals surface area contributed by atoms with Gasteiger partial charge in [0.15, 0.2) is 0 Å². The lowest BCUT2D eigenvalue weighted by molar-refractivity contribution is -0.142. The SMILES string of the molecule is Nc1ncc(-c2ccc(N3CCCC3)nc2)cc1-c1nn(CC(F)(F)F)cc1-c1cccc(Cl)c1Cl. The minimum absolute atomic E-state index is 0.122. The molecule has 4 aromatic rings. The molecule has 4 heterocycles. The van der Waals surface area contributed by atoms with Crippen molar-refractivity contribution in [3.8, 4) is 33.5 Å². The monoisotopic (exact) mass is 532 g/mol. The number of hydrogen-bond donors (Lipinski definition) is 1. The Morgan fingerprint density at radius 1 is 0.917 bits per heavy atom. The van der Waals surface area contributed by atoms with Crippen molar-refractivity contribution in [2.24, 2.45) is 0 Å². The first kappa shape index (κ1) is 24.4. The first-order valence-corrected chi connectivity index (χ1v) is 12.0. The second-order valence-corrected chi connectivity index (χ2v) is 9.35. The van der Waals surface area contributed by atoms with Gasteiger partial charge in [-0.3, -0.25) is 4.68 Å². The Labute approximate surface area is 215 Å². The van der Waals surface area contributed by atoms with Crippen LogP contribution >= 0.6 is 23.2 Å². The predicted molar refractivity (Wildman–Crippen MR) is 136 cm³/mol. The molecule has 1 fully saturated rings. The molecule has 0 bridgehead atoms. The number of rotatable bonds is 5. The Morgan fingerprint density at radius 3 is 2.36 bits per heavy atom. The van der Waals surface area contributed by atoms with Crippen molar-refractivity contribution in [1.29, 1.82) is 0 Å². The smallest absolute Gasteiger partial charge is 0.383 e. The highest BCUT2D eigenvalue weighted by Gasteiger charge is 2.30. The summed E-state index contributed by atoms with van der Waals surface area (Å²) in [4.78, 5) is 11.1. The van der Waals surface area contributed by atoms with Crippen LogP contribution in [0.25, 0.3) is 33.5 Å². The number of nitrogen functional groups attached to an aromatic ring is 1. The van der Waals surface area contributed by atoms with Crippen molar-refractivity contribution in [1.82, 2.24) is 19.7 Å². The van der Waals surface area contributed by atoms with Crippen LogP contribution < -0.4 is 10.6 Å². The lowest BCUT2D eigenvalue weighted by Crippen LogP contribution is -2.18. The number of anilines is 2. The molecule has 0 atom stereocenters. The number of hydrogen-bond acceptors (Lipinski definition) is 5. The predicted octanol–water partition coefficient (Wildman–Crippen LogP) is 6.73.